The summed E-state index contributed by atoms with van der Waals surface area (Å²) >= 11 is 0. The van der Waals surface area contributed by atoms with E-state index in [0.717, 1.165) is 24.3 Å². The number of carbonyl (C=O) groups excluding carboxylic acids is 4. The van der Waals surface area contributed by atoms with Gasteiger partial charge < -0.3 is 20.9 Å². The zero-order valence-corrected chi connectivity index (χ0v) is 8.62. The van der Waals surface area contributed by atoms with Crippen molar-refractivity contribution in [3.63, 3.8) is 0 Å². The molecule has 0 aliphatic heterocycles. The summed E-state index contributed by atoms with van der Waals surface area (Å²) in [6.45, 7) is -0.663. The van der Waals surface area contributed by atoms with Gasteiger partial charge in [0.25, 0.3) is 0 Å². The molecular weight excluding hydrogens is 232 g/mol. The predicted octanol–water partition coefficient (Wildman–Crippen LogP) is -1.89. The van der Waals surface area contributed by atoms with E-state index in [0.29, 0.717) is 0 Å². The van der Waals surface area contributed by atoms with Gasteiger partial charge in [-0.15, -0.1) is 0 Å². The van der Waals surface area contributed by atoms with Gasteiger partial charge in [-0.25, -0.2) is 9.59 Å². The van der Waals surface area contributed by atoms with Gasteiger partial charge in [-0.05, 0) is 0 Å². The first-order chi connectivity index (χ1) is 7.91. The van der Waals surface area contributed by atoms with E-state index in [9.17, 15) is 19.2 Å². The van der Waals surface area contributed by atoms with Crippen molar-refractivity contribution in [3.8, 4) is 0 Å². The molecule has 0 radical (unpaired) electrons. The van der Waals surface area contributed by atoms with Gasteiger partial charge in [0, 0.05) is 24.3 Å². The highest BCUT2D eigenvalue weighted by atomic mass is 16.7. The van der Waals surface area contributed by atoms with Gasteiger partial charge in [-0.2, -0.15) is 0 Å². The molecule has 2 amide bonds. The summed E-state index contributed by atoms with van der Waals surface area (Å²) in [6, 6.07) is 0. The standard InChI is InChI=1S/C9H10N2O6/c10-6(12)1-3-8(14)16-5-17-9(15)4-2-7(11)13/h1-4H,5H2,(H2,10,12)(H2,11,13)/b3-1+,4-2+. The molecule has 0 heterocycles. The summed E-state index contributed by atoms with van der Waals surface area (Å²) in [6.07, 6.45) is 3.12. The molecule has 4 N–H and O–H groups in total. The van der Waals surface area contributed by atoms with Crippen LogP contribution in [0.25, 0.3) is 0 Å². The lowest BCUT2D eigenvalue weighted by atomic mass is 10.5. The third-order valence-corrected chi connectivity index (χ3v) is 1.17. The van der Waals surface area contributed by atoms with Gasteiger partial charge in [0.05, 0.1) is 0 Å². The Kier molecular flexibility index (Phi) is 6.44. The lowest BCUT2D eigenvalue weighted by Crippen LogP contribution is -2.12. The Morgan fingerprint density at radius 2 is 1.12 bits per heavy atom. The fourth-order valence-electron chi connectivity index (χ4n) is 0.542. The van der Waals surface area contributed by atoms with E-state index in [4.69, 9.17) is 11.5 Å². The molecule has 0 aromatic heterocycles. The van der Waals surface area contributed by atoms with Crippen LogP contribution in [0, 0.1) is 0 Å². The Morgan fingerprint density at radius 1 is 0.765 bits per heavy atom. The molecule has 0 aliphatic rings. The second-order valence-electron chi connectivity index (χ2n) is 2.52. The van der Waals surface area contributed by atoms with E-state index in [-0.39, 0.29) is 0 Å². The quantitative estimate of drug-likeness (QED) is 0.317. The molecule has 0 atom stereocenters. The third-order valence-electron chi connectivity index (χ3n) is 1.17. The van der Waals surface area contributed by atoms with Crippen molar-refractivity contribution in [2.75, 3.05) is 6.79 Å². The van der Waals surface area contributed by atoms with E-state index >= 15 is 0 Å². The lowest BCUT2D eigenvalue weighted by Gasteiger charge is -2.01. The molecule has 0 spiro atoms. The van der Waals surface area contributed by atoms with E-state index in [1.807, 2.05) is 0 Å². The summed E-state index contributed by atoms with van der Waals surface area (Å²) in [5, 5.41) is 0. The van der Waals surface area contributed by atoms with Crippen LogP contribution in [0.1, 0.15) is 0 Å². The Balaban J connectivity index is 3.84. The van der Waals surface area contributed by atoms with Crippen molar-refractivity contribution in [2.45, 2.75) is 0 Å². The topological polar surface area (TPSA) is 139 Å². The van der Waals surface area contributed by atoms with Gasteiger partial charge in [0.15, 0.2) is 0 Å². The predicted molar refractivity (Wildman–Crippen MR) is 53.7 cm³/mol. The van der Waals surface area contributed by atoms with E-state index < -0.39 is 30.5 Å². The largest absolute Gasteiger partial charge is 0.425 e. The molecule has 0 unspecified atom stereocenters. The summed E-state index contributed by atoms with van der Waals surface area (Å²) < 4.78 is 8.69. The van der Waals surface area contributed by atoms with Crippen LogP contribution in [0.5, 0.6) is 0 Å². The number of hydrogen-bond donors (Lipinski definition) is 2. The summed E-state index contributed by atoms with van der Waals surface area (Å²) in [4.78, 5) is 42.0. The first kappa shape index (κ1) is 14.4. The maximum Gasteiger partial charge on any atom is 0.333 e. The van der Waals surface area contributed by atoms with Crippen LogP contribution in [-0.4, -0.2) is 30.5 Å². The first-order valence-corrected chi connectivity index (χ1v) is 4.20. The molecule has 92 valence electrons. The van der Waals surface area contributed by atoms with Crippen molar-refractivity contribution >= 4 is 23.8 Å². The smallest absolute Gasteiger partial charge is 0.333 e. The number of rotatable bonds is 6. The highest BCUT2D eigenvalue weighted by molar-refractivity contribution is 5.94. The van der Waals surface area contributed by atoms with Gasteiger partial charge in [0.1, 0.15) is 0 Å². The monoisotopic (exact) mass is 242 g/mol. The number of ether oxygens (including phenoxy) is 2. The zero-order valence-electron chi connectivity index (χ0n) is 8.62. The van der Waals surface area contributed by atoms with Crippen LogP contribution in [0.3, 0.4) is 0 Å². The average Bonchev–Trinajstić information content (AvgIpc) is 2.23. The second-order valence-corrected chi connectivity index (χ2v) is 2.52. The lowest BCUT2D eigenvalue weighted by molar-refractivity contribution is -0.160. The van der Waals surface area contributed by atoms with Crippen molar-refractivity contribution in [3.05, 3.63) is 24.3 Å². The number of hydrogen-bond acceptors (Lipinski definition) is 6. The maximum absolute atomic E-state index is 10.8. The van der Waals surface area contributed by atoms with E-state index in [1.165, 1.54) is 0 Å². The molecular formula is C9H10N2O6. The SMILES string of the molecule is NC(=O)/C=C/C(=O)OCOC(=O)/C=C/C(N)=O. The molecule has 0 aromatic rings. The van der Waals surface area contributed by atoms with Crippen LogP contribution < -0.4 is 11.5 Å². The van der Waals surface area contributed by atoms with Crippen molar-refractivity contribution < 1.29 is 28.7 Å². The summed E-state index contributed by atoms with van der Waals surface area (Å²) in [5.41, 5.74) is 9.43. The van der Waals surface area contributed by atoms with Crippen LogP contribution >= 0.6 is 0 Å². The second kappa shape index (κ2) is 7.63. The average molecular weight is 242 g/mol. The molecule has 0 aliphatic carbocycles. The Morgan fingerprint density at radius 3 is 1.41 bits per heavy atom. The number of amides is 2. The zero-order chi connectivity index (χ0) is 13.3. The maximum atomic E-state index is 10.8. The minimum Gasteiger partial charge on any atom is -0.425 e. The minimum atomic E-state index is -0.907. The fourth-order valence-corrected chi connectivity index (χ4v) is 0.542. The Hall–Kier alpha value is -2.64. The van der Waals surface area contributed by atoms with Gasteiger partial charge in [-0.3, -0.25) is 9.59 Å². The van der Waals surface area contributed by atoms with Crippen LogP contribution in [-0.2, 0) is 28.7 Å². The van der Waals surface area contributed by atoms with Crippen LogP contribution in [0.2, 0.25) is 0 Å². The fraction of sp³-hybridized carbons (Fsp3) is 0.111. The molecule has 0 aromatic carbocycles. The number of carbonyl (C=O) groups is 4. The first-order valence-electron chi connectivity index (χ1n) is 4.20. The number of primary amides is 2. The number of nitrogens with two attached hydrogens (primary N) is 2. The van der Waals surface area contributed by atoms with Gasteiger partial charge in [0.2, 0.25) is 18.6 Å². The Labute approximate surface area is 95.8 Å². The normalized spacial score (nSPS) is 10.4. The molecule has 0 bridgehead atoms. The molecule has 8 heteroatoms. The van der Waals surface area contributed by atoms with E-state index in [1.54, 1.807) is 0 Å². The molecule has 0 rings (SSSR count). The van der Waals surface area contributed by atoms with E-state index in [2.05, 4.69) is 9.47 Å². The summed E-state index contributed by atoms with van der Waals surface area (Å²) in [5.74, 6) is -3.45. The molecule has 0 saturated carbocycles. The van der Waals surface area contributed by atoms with Crippen molar-refractivity contribution in [1.82, 2.24) is 0 Å². The van der Waals surface area contributed by atoms with Crippen molar-refractivity contribution in [1.29, 1.82) is 0 Å². The van der Waals surface area contributed by atoms with Crippen LogP contribution in [0.15, 0.2) is 24.3 Å². The summed E-state index contributed by atoms with van der Waals surface area (Å²) in [7, 11) is 0. The molecule has 17 heavy (non-hydrogen) atoms. The molecule has 0 saturated heterocycles. The van der Waals surface area contributed by atoms with Crippen LogP contribution in [0.4, 0.5) is 0 Å². The minimum absolute atomic E-state index is 0.663. The highest BCUT2D eigenvalue weighted by Gasteiger charge is 2.01. The molecule has 8 nitrogen and oxygen atoms in total. The number of esters is 2. The third kappa shape index (κ3) is 9.66. The van der Waals surface area contributed by atoms with Gasteiger partial charge in [-0.1, -0.05) is 0 Å². The van der Waals surface area contributed by atoms with Gasteiger partial charge >= 0.3 is 11.9 Å². The van der Waals surface area contributed by atoms with Crippen molar-refractivity contribution in [2.24, 2.45) is 11.5 Å². The highest BCUT2D eigenvalue weighted by Crippen LogP contribution is 1.86. The molecule has 0 fully saturated rings. The Bertz CT molecular complexity index is 349.